The third kappa shape index (κ3) is 6.67. The van der Waals surface area contributed by atoms with E-state index >= 15 is 0 Å². The molecule has 0 saturated carbocycles. The molecule has 1 N–H and O–H groups in total. The lowest BCUT2D eigenvalue weighted by molar-refractivity contribution is 0.0342. The zero-order valence-electron chi connectivity index (χ0n) is 18.5. The number of amides is 2. The SMILES string of the molecule is O=C(NCc1ccc(CN2CCOCC2)cc1)N(Cc1ccccc1)Cc1ccccc1. The number of rotatable bonds is 8. The van der Waals surface area contributed by atoms with Crippen LogP contribution in [0, 0.1) is 0 Å². The molecule has 1 fully saturated rings. The fraction of sp³-hybridized carbons (Fsp3) is 0.296. The third-order valence-corrected chi connectivity index (χ3v) is 5.70. The molecule has 0 spiro atoms. The molecule has 1 heterocycles. The number of hydrogen-bond acceptors (Lipinski definition) is 3. The summed E-state index contributed by atoms with van der Waals surface area (Å²) < 4.78 is 5.42. The quantitative estimate of drug-likeness (QED) is 0.576. The largest absolute Gasteiger partial charge is 0.379 e. The fourth-order valence-corrected chi connectivity index (χ4v) is 3.88. The average molecular weight is 430 g/mol. The minimum Gasteiger partial charge on any atom is -0.379 e. The molecular formula is C27H31N3O2. The fourth-order valence-electron chi connectivity index (χ4n) is 3.88. The van der Waals surface area contributed by atoms with Crippen molar-refractivity contribution in [2.75, 3.05) is 26.3 Å². The van der Waals surface area contributed by atoms with Crippen LogP contribution in [0.2, 0.25) is 0 Å². The molecular weight excluding hydrogens is 398 g/mol. The summed E-state index contributed by atoms with van der Waals surface area (Å²) in [6.07, 6.45) is 0. The molecule has 0 radical (unpaired) electrons. The Bertz CT molecular complexity index is 914. The van der Waals surface area contributed by atoms with Crippen molar-refractivity contribution in [3.05, 3.63) is 107 Å². The van der Waals surface area contributed by atoms with Crippen LogP contribution in [0.5, 0.6) is 0 Å². The van der Waals surface area contributed by atoms with Gasteiger partial charge >= 0.3 is 6.03 Å². The van der Waals surface area contributed by atoms with E-state index in [9.17, 15) is 4.79 Å². The van der Waals surface area contributed by atoms with Crippen LogP contribution in [-0.4, -0.2) is 42.1 Å². The molecule has 32 heavy (non-hydrogen) atoms. The molecule has 5 heteroatoms. The van der Waals surface area contributed by atoms with Gasteiger partial charge in [-0.1, -0.05) is 84.9 Å². The maximum atomic E-state index is 13.1. The van der Waals surface area contributed by atoms with Gasteiger partial charge in [0.05, 0.1) is 13.2 Å². The highest BCUT2D eigenvalue weighted by atomic mass is 16.5. The molecule has 166 valence electrons. The van der Waals surface area contributed by atoms with Gasteiger partial charge in [0, 0.05) is 39.3 Å². The maximum Gasteiger partial charge on any atom is 0.318 e. The lowest BCUT2D eigenvalue weighted by Gasteiger charge is -2.26. The molecule has 5 nitrogen and oxygen atoms in total. The Hall–Kier alpha value is -3.15. The molecule has 0 aromatic heterocycles. The number of hydrogen-bond donors (Lipinski definition) is 1. The van der Waals surface area contributed by atoms with Crippen LogP contribution in [-0.2, 0) is 30.9 Å². The van der Waals surface area contributed by atoms with Gasteiger partial charge in [-0.3, -0.25) is 4.90 Å². The molecule has 3 aromatic carbocycles. The van der Waals surface area contributed by atoms with Gasteiger partial charge in [-0.25, -0.2) is 4.79 Å². The van der Waals surface area contributed by atoms with Crippen molar-refractivity contribution in [3.8, 4) is 0 Å². The second-order valence-electron chi connectivity index (χ2n) is 8.19. The minimum absolute atomic E-state index is 0.0601. The van der Waals surface area contributed by atoms with Crippen molar-refractivity contribution in [2.24, 2.45) is 0 Å². The Kier molecular flexibility index (Phi) is 7.90. The van der Waals surface area contributed by atoms with Crippen LogP contribution in [0.25, 0.3) is 0 Å². The van der Waals surface area contributed by atoms with Gasteiger partial charge in [0.25, 0.3) is 0 Å². The summed E-state index contributed by atoms with van der Waals surface area (Å²) in [7, 11) is 0. The van der Waals surface area contributed by atoms with Crippen LogP contribution in [0.3, 0.4) is 0 Å². The first kappa shape index (κ1) is 22.1. The van der Waals surface area contributed by atoms with E-state index in [1.54, 1.807) is 0 Å². The zero-order chi connectivity index (χ0) is 22.0. The first-order chi connectivity index (χ1) is 15.8. The third-order valence-electron chi connectivity index (χ3n) is 5.70. The number of urea groups is 1. The lowest BCUT2D eigenvalue weighted by atomic mass is 10.1. The van der Waals surface area contributed by atoms with Crippen LogP contribution < -0.4 is 5.32 Å². The van der Waals surface area contributed by atoms with Crippen molar-refractivity contribution in [3.63, 3.8) is 0 Å². The predicted molar refractivity (Wildman–Crippen MR) is 127 cm³/mol. The van der Waals surface area contributed by atoms with Gasteiger partial charge in [0.2, 0.25) is 0 Å². The van der Waals surface area contributed by atoms with Gasteiger partial charge in [-0.2, -0.15) is 0 Å². The van der Waals surface area contributed by atoms with Gasteiger partial charge < -0.3 is 15.0 Å². The predicted octanol–water partition coefficient (Wildman–Crippen LogP) is 4.43. The number of carbonyl (C=O) groups is 1. The van der Waals surface area contributed by atoms with Crippen molar-refractivity contribution in [1.29, 1.82) is 0 Å². The summed E-state index contributed by atoms with van der Waals surface area (Å²) in [6, 6.07) is 28.7. The molecule has 0 atom stereocenters. The number of nitrogens with one attached hydrogen (secondary N) is 1. The van der Waals surface area contributed by atoms with E-state index in [0.29, 0.717) is 19.6 Å². The molecule has 1 aliphatic rings. The second kappa shape index (κ2) is 11.5. The van der Waals surface area contributed by atoms with Crippen LogP contribution in [0.1, 0.15) is 22.3 Å². The molecule has 2 amide bonds. The Morgan fingerprint density at radius 1 is 0.750 bits per heavy atom. The van der Waals surface area contributed by atoms with Gasteiger partial charge in [-0.05, 0) is 22.3 Å². The first-order valence-electron chi connectivity index (χ1n) is 11.2. The van der Waals surface area contributed by atoms with Gasteiger partial charge in [-0.15, -0.1) is 0 Å². The molecule has 0 aliphatic carbocycles. The maximum absolute atomic E-state index is 13.1. The highest BCUT2D eigenvalue weighted by Crippen LogP contribution is 2.12. The van der Waals surface area contributed by atoms with Crippen molar-refractivity contribution in [2.45, 2.75) is 26.2 Å². The molecule has 1 aliphatic heterocycles. The number of morpholine rings is 1. The Morgan fingerprint density at radius 3 is 1.84 bits per heavy atom. The highest BCUT2D eigenvalue weighted by molar-refractivity contribution is 5.74. The summed E-state index contributed by atoms with van der Waals surface area (Å²) in [5, 5.41) is 3.10. The standard InChI is InChI=1S/C27H31N3O2/c31-27(28-19-23-11-13-26(14-12-23)20-29-15-17-32-18-16-29)30(21-24-7-3-1-4-8-24)22-25-9-5-2-6-10-25/h1-14H,15-22H2,(H,28,31). The highest BCUT2D eigenvalue weighted by Gasteiger charge is 2.15. The molecule has 1 saturated heterocycles. The molecule has 0 unspecified atom stereocenters. The van der Waals surface area contributed by atoms with E-state index in [2.05, 4.69) is 58.7 Å². The minimum atomic E-state index is -0.0601. The van der Waals surface area contributed by atoms with E-state index in [1.165, 1.54) is 5.56 Å². The van der Waals surface area contributed by atoms with E-state index in [-0.39, 0.29) is 6.03 Å². The Balaban J connectivity index is 1.34. The molecule has 0 bridgehead atoms. The Morgan fingerprint density at radius 2 is 1.28 bits per heavy atom. The van der Waals surface area contributed by atoms with Crippen LogP contribution in [0.4, 0.5) is 4.79 Å². The summed E-state index contributed by atoms with van der Waals surface area (Å²) in [5.74, 6) is 0. The van der Waals surface area contributed by atoms with Crippen molar-refractivity contribution < 1.29 is 9.53 Å². The smallest absolute Gasteiger partial charge is 0.318 e. The lowest BCUT2D eigenvalue weighted by Crippen LogP contribution is -2.38. The van der Waals surface area contributed by atoms with E-state index < -0.39 is 0 Å². The number of ether oxygens (including phenoxy) is 1. The van der Waals surface area contributed by atoms with Gasteiger partial charge in [0.15, 0.2) is 0 Å². The van der Waals surface area contributed by atoms with Crippen LogP contribution >= 0.6 is 0 Å². The monoisotopic (exact) mass is 429 g/mol. The number of benzene rings is 3. The number of nitrogens with zero attached hydrogens (tertiary/aromatic N) is 2. The topological polar surface area (TPSA) is 44.8 Å². The Labute approximate surface area is 190 Å². The van der Waals surface area contributed by atoms with Gasteiger partial charge in [0.1, 0.15) is 0 Å². The average Bonchev–Trinajstić information content (AvgIpc) is 2.85. The zero-order valence-corrected chi connectivity index (χ0v) is 18.5. The summed E-state index contributed by atoms with van der Waals surface area (Å²) >= 11 is 0. The van der Waals surface area contributed by atoms with E-state index in [4.69, 9.17) is 4.74 Å². The first-order valence-corrected chi connectivity index (χ1v) is 11.2. The van der Waals surface area contributed by atoms with Crippen LogP contribution in [0.15, 0.2) is 84.9 Å². The van der Waals surface area contributed by atoms with Crippen molar-refractivity contribution in [1.82, 2.24) is 15.1 Å². The summed E-state index contributed by atoms with van der Waals surface area (Å²) in [4.78, 5) is 17.3. The summed E-state index contributed by atoms with van der Waals surface area (Å²) in [5.41, 5.74) is 4.62. The number of carbonyl (C=O) groups excluding carboxylic acids is 1. The summed E-state index contributed by atoms with van der Waals surface area (Å²) in [6.45, 7) is 6.18. The van der Waals surface area contributed by atoms with E-state index in [0.717, 1.165) is 49.5 Å². The van der Waals surface area contributed by atoms with E-state index in [1.807, 2.05) is 41.3 Å². The normalized spacial score (nSPS) is 14.1. The second-order valence-corrected chi connectivity index (χ2v) is 8.19. The molecule has 3 aromatic rings. The van der Waals surface area contributed by atoms with Crippen molar-refractivity contribution >= 4 is 6.03 Å². The molecule has 4 rings (SSSR count).